The molecular formula is C18H20N2O4S. The highest BCUT2D eigenvalue weighted by Gasteiger charge is 2.46. The van der Waals surface area contributed by atoms with Gasteiger partial charge in [0.1, 0.15) is 5.75 Å². The highest BCUT2D eigenvalue weighted by Crippen LogP contribution is 2.43. The molecule has 0 aromatic heterocycles. The fourth-order valence-corrected chi connectivity index (χ4v) is 4.03. The van der Waals surface area contributed by atoms with E-state index in [-0.39, 0.29) is 11.2 Å². The number of amidine groups is 1. The van der Waals surface area contributed by atoms with Crippen molar-refractivity contribution in [1.29, 1.82) is 0 Å². The summed E-state index contributed by atoms with van der Waals surface area (Å²) in [5.74, 6) is 0.208. The van der Waals surface area contributed by atoms with Crippen molar-refractivity contribution in [2.45, 2.75) is 32.1 Å². The molecule has 1 aromatic rings. The molecule has 2 aliphatic heterocycles. The summed E-state index contributed by atoms with van der Waals surface area (Å²) in [5.41, 5.74) is 1.78. The minimum Gasteiger partial charge on any atom is -0.494 e. The molecule has 1 amide bonds. The van der Waals surface area contributed by atoms with Gasteiger partial charge >= 0.3 is 5.97 Å². The number of hydrogen-bond acceptors (Lipinski definition) is 6. The zero-order chi connectivity index (χ0) is 18.1. The summed E-state index contributed by atoms with van der Waals surface area (Å²) >= 11 is 1.41. The van der Waals surface area contributed by atoms with Crippen molar-refractivity contribution >= 4 is 28.8 Å². The van der Waals surface area contributed by atoms with Crippen LogP contribution in [0.3, 0.4) is 0 Å². The Morgan fingerprint density at radius 3 is 2.60 bits per heavy atom. The van der Waals surface area contributed by atoms with Crippen LogP contribution in [0.5, 0.6) is 5.75 Å². The lowest BCUT2D eigenvalue weighted by molar-refractivity contribution is -0.137. The molecule has 0 spiro atoms. The van der Waals surface area contributed by atoms with Crippen molar-refractivity contribution in [2.24, 2.45) is 4.99 Å². The molecule has 1 fully saturated rings. The van der Waals surface area contributed by atoms with Gasteiger partial charge in [0.15, 0.2) is 5.17 Å². The van der Waals surface area contributed by atoms with Gasteiger partial charge in [-0.1, -0.05) is 23.9 Å². The molecule has 1 aromatic carbocycles. The number of ether oxygens (including phenoxy) is 2. The van der Waals surface area contributed by atoms with Crippen molar-refractivity contribution in [3.05, 3.63) is 41.1 Å². The van der Waals surface area contributed by atoms with Crippen molar-refractivity contribution in [2.75, 3.05) is 13.7 Å². The molecule has 2 heterocycles. The van der Waals surface area contributed by atoms with Gasteiger partial charge in [-0.05, 0) is 38.5 Å². The molecule has 0 saturated carbocycles. The third-order valence-electron chi connectivity index (χ3n) is 4.17. The topological polar surface area (TPSA) is 68.2 Å². The fourth-order valence-electron chi connectivity index (χ4n) is 3.00. The summed E-state index contributed by atoms with van der Waals surface area (Å²) in [6.45, 7) is 6.11. The van der Waals surface area contributed by atoms with Gasteiger partial charge in [0.2, 0.25) is 5.91 Å². The van der Waals surface area contributed by atoms with E-state index in [9.17, 15) is 9.59 Å². The lowest BCUT2D eigenvalue weighted by Crippen LogP contribution is -2.40. The number of thioether (sulfide) groups is 1. The molecule has 0 radical (unpaired) electrons. The number of esters is 1. The van der Waals surface area contributed by atoms with E-state index in [1.54, 1.807) is 11.8 Å². The van der Waals surface area contributed by atoms with E-state index < -0.39 is 12.0 Å². The maximum atomic E-state index is 12.7. The van der Waals surface area contributed by atoms with Crippen LogP contribution in [0.2, 0.25) is 0 Å². The van der Waals surface area contributed by atoms with Crippen LogP contribution in [-0.4, -0.2) is 40.9 Å². The van der Waals surface area contributed by atoms with Crippen molar-refractivity contribution in [3.63, 3.8) is 0 Å². The highest BCUT2D eigenvalue weighted by molar-refractivity contribution is 8.15. The first-order valence-corrected chi connectivity index (χ1v) is 8.96. The Kier molecular flexibility index (Phi) is 4.85. The van der Waals surface area contributed by atoms with E-state index >= 15 is 0 Å². The van der Waals surface area contributed by atoms with Crippen molar-refractivity contribution in [1.82, 2.24) is 4.90 Å². The van der Waals surface area contributed by atoms with E-state index in [1.165, 1.54) is 18.9 Å². The Labute approximate surface area is 150 Å². The summed E-state index contributed by atoms with van der Waals surface area (Å²) in [5, 5.41) is 0.398. The molecule has 2 aliphatic rings. The molecule has 6 nitrogen and oxygen atoms in total. The second-order valence-corrected chi connectivity index (χ2v) is 7.07. The van der Waals surface area contributed by atoms with Gasteiger partial charge in [-0.15, -0.1) is 0 Å². The number of allylic oxidation sites excluding steroid dienone is 1. The van der Waals surface area contributed by atoms with Gasteiger partial charge in [0, 0.05) is 0 Å². The molecule has 25 heavy (non-hydrogen) atoms. The van der Waals surface area contributed by atoms with Gasteiger partial charge in [0.25, 0.3) is 0 Å². The van der Waals surface area contributed by atoms with Gasteiger partial charge in [-0.3, -0.25) is 9.69 Å². The zero-order valence-corrected chi connectivity index (χ0v) is 15.4. The molecule has 3 rings (SSSR count). The Hall–Kier alpha value is -2.28. The number of hydrogen-bond donors (Lipinski definition) is 0. The average Bonchev–Trinajstić information content (AvgIpc) is 2.88. The largest absolute Gasteiger partial charge is 0.494 e. The maximum absolute atomic E-state index is 12.7. The van der Waals surface area contributed by atoms with Crippen LogP contribution in [0.25, 0.3) is 0 Å². The van der Waals surface area contributed by atoms with Crippen LogP contribution in [0.15, 0.2) is 40.5 Å². The Morgan fingerprint density at radius 1 is 1.32 bits per heavy atom. The smallest absolute Gasteiger partial charge is 0.338 e. The maximum Gasteiger partial charge on any atom is 0.338 e. The number of methoxy groups -OCH3 is 1. The average molecular weight is 360 g/mol. The standard InChI is InChI=1S/C18H20N2O4S/c1-5-24-13-8-6-12(7-9-13)15-14(17(22)23-4)10(2)19-18-20(15)16(21)11(3)25-18/h6-9,11,15H,5H2,1-4H3/t11-,15-/m1/s1. The van der Waals surface area contributed by atoms with Crippen LogP contribution in [0.4, 0.5) is 0 Å². The second kappa shape index (κ2) is 6.92. The number of nitrogens with zero attached hydrogens (tertiary/aromatic N) is 2. The van der Waals surface area contributed by atoms with Gasteiger partial charge in [-0.2, -0.15) is 0 Å². The predicted molar refractivity (Wildman–Crippen MR) is 96.4 cm³/mol. The van der Waals surface area contributed by atoms with Crippen LogP contribution < -0.4 is 4.74 Å². The van der Waals surface area contributed by atoms with Crippen LogP contribution in [-0.2, 0) is 14.3 Å². The summed E-state index contributed by atoms with van der Waals surface area (Å²) in [4.78, 5) is 31.1. The third kappa shape index (κ3) is 3.04. The first-order valence-electron chi connectivity index (χ1n) is 8.08. The third-order valence-corrected chi connectivity index (χ3v) is 5.22. The summed E-state index contributed by atoms with van der Waals surface area (Å²) in [7, 11) is 1.33. The first kappa shape index (κ1) is 17.5. The molecule has 0 bridgehead atoms. The van der Waals surface area contributed by atoms with E-state index in [1.807, 2.05) is 38.1 Å². The minimum atomic E-state index is -0.541. The minimum absolute atomic E-state index is 0.0588. The SMILES string of the molecule is CCOc1ccc([C@@H]2C(C(=O)OC)=C(C)N=C3S[C@H](C)C(=O)N32)cc1. The molecule has 1 saturated heterocycles. The zero-order valence-electron chi connectivity index (χ0n) is 14.6. The molecular weight excluding hydrogens is 340 g/mol. The number of rotatable bonds is 4. The van der Waals surface area contributed by atoms with E-state index in [0.29, 0.717) is 23.0 Å². The van der Waals surface area contributed by atoms with Crippen LogP contribution >= 0.6 is 11.8 Å². The predicted octanol–water partition coefficient (Wildman–Crippen LogP) is 2.91. The normalized spacial score (nSPS) is 22.6. The fraction of sp³-hybridized carbons (Fsp3) is 0.389. The molecule has 0 aliphatic carbocycles. The van der Waals surface area contributed by atoms with Gasteiger partial charge < -0.3 is 9.47 Å². The molecule has 0 unspecified atom stereocenters. The number of fused-ring (bicyclic) bond motifs is 1. The quantitative estimate of drug-likeness (QED) is 0.772. The van der Waals surface area contributed by atoms with Crippen LogP contribution in [0.1, 0.15) is 32.4 Å². The first-order chi connectivity index (χ1) is 12.0. The number of benzene rings is 1. The number of carbonyl (C=O) groups is 2. The number of carbonyl (C=O) groups excluding carboxylic acids is 2. The summed E-state index contributed by atoms with van der Waals surface area (Å²) < 4.78 is 10.4. The van der Waals surface area contributed by atoms with Gasteiger partial charge in [-0.25, -0.2) is 9.79 Å². The van der Waals surface area contributed by atoms with Crippen molar-refractivity contribution in [3.8, 4) is 5.75 Å². The van der Waals surface area contributed by atoms with Gasteiger partial charge in [0.05, 0.1) is 36.3 Å². The summed E-state index contributed by atoms with van der Waals surface area (Å²) in [6.07, 6.45) is 0. The summed E-state index contributed by atoms with van der Waals surface area (Å²) in [6, 6.07) is 6.88. The Bertz CT molecular complexity index is 770. The van der Waals surface area contributed by atoms with Crippen molar-refractivity contribution < 1.29 is 19.1 Å². The Balaban J connectivity index is 2.09. The Morgan fingerprint density at radius 2 is 2.00 bits per heavy atom. The molecule has 0 N–H and O–H groups in total. The lowest BCUT2D eigenvalue weighted by Gasteiger charge is -2.32. The van der Waals surface area contributed by atoms with Crippen LogP contribution in [0, 0.1) is 0 Å². The molecule has 2 atom stereocenters. The lowest BCUT2D eigenvalue weighted by atomic mass is 9.94. The molecule has 132 valence electrons. The molecule has 7 heteroatoms. The number of amides is 1. The number of aliphatic imine (C=N–C) groups is 1. The second-order valence-electron chi connectivity index (χ2n) is 5.76. The van der Waals surface area contributed by atoms with E-state index in [0.717, 1.165) is 11.3 Å². The van der Waals surface area contributed by atoms with E-state index in [2.05, 4.69) is 4.99 Å². The van der Waals surface area contributed by atoms with E-state index in [4.69, 9.17) is 9.47 Å². The monoisotopic (exact) mass is 360 g/mol. The highest BCUT2D eigenvalue weighted by atomic mass is 32.2.